The average molecular weight is 286 g/mol. The number of ether oxygens (including phenoxy) is 2. The van der Waals surface area contributed by atoms with Crippen molar-refractivity contribution < 1.29 is 23.0 Å². The first-order valence-corrected chi connectivity index (χ1v) is 6.39. The van der Waals surface area contributed by atoms with Gasteiger partial charge in [-0.3, -0.25) is 4.79 Å². The molecule has 1 aromatic carbocycles. The molecule has 0 fully saturated rings. The van der Waals surface area contributed by atoms with Crippen LogP contribution >= 0.6 is 0 Å². The summed E-state index contributed by atoms with van der Waals surface area (Å²) in [4.78, 5) is 11.8. The van der Waals surface area contributed by atoms with Gasteiger partial charge in [-0.2, -0.15) is 0 Å². The molecule has 1 rings (SSSR count). The van der Waals surface area contributed by atoms with Crippen LogP contribution < -0.4 is 4.74 Å². The molecular weight excluding hydrogens is 266 g/mol. The molecule has 0 spiro atoms. The number of carbonyl (C=O) groups is 1. The number of hydrogen-bond donors (Lipinski definition) is 0. The fraction of sp³-hybridized carbons (Fsp3) is 0.533. The second-order valence-corrected chi connectivity index (χ2v) is 5.72. The topological polar surface area (TPSA) is 35.5 Å². The third kappa shape index (κ3) is 4.47. The normalized spacial score (nSPS) is 12.9. The van der Waals surface area contributed by atoms with Crippen molar-refractivity contribution in [1.29, 1.82) is 0 Å². The maximum Gasteiger partial charge on any atom is 0.309 e. The Bertz CT molecular complexity index is 493. The molecule has 0 aliphatic carbocycles. The maximum atomic E-state index is 13.7. The van der Waals surface area contributed by atoms with E-state index in [1.807, 2.05) is 0 Å². The molecule has 3 nitrogen and oxygen atoms in total. The zero-order valence-corrected chi connectivity index (χ0v) is 12.4. The summed E-state index contributed by atoms with van der Waals surface area (Å²) < 4.78 is 37.0. The quantitative estimate of drug-likeness (QED) is 0.795. The molecule has 0 aliphatic heterocycles. The standard InChI is InChI=1S/C15H20F2O3/c1-9(14(18)20-15(2,3)4)6-10-7-13(19-5)12(17)8-11(10)16/h7-9H,6H2,1-5H3/t9-/m0/s1. The molecule has 0 bridgehead atoms. The monoisotopic (exact) mass is 286 g/mol. The Morgan fingerprint density at radius 3 is 2.35 bits per heavy atom. The summed E-state index contributed by atoms with van der Waals surface area (Å²) in [7, 11) is 1.30. The Labute approximate surface area is 117 Å². The van der Waals surface area contributed by atoms with Gasteiger partial charge in [0.05, 0.1) is 13.0 Å². The Kier molecular flexibility index (Phi) is 5.09. The van der Waals surface area contributed by atoms with E-state index >= 15 is 0 Å². The molecule has 0 radical (unpaired) electrons. The molecule has 0 saturated carbocycles. The number of benzene rings is 1. The van der Waals surface area contributed by atoms with Crippen LogP contribution in [0.1, 0.15) is 33.3 Å². The van der Waals surface area contributed by atoms with Crippen molar-refractivity contribution in [2.24, 2.45) is 5.92 Å². The molecule has 0 amide bonds. The van der Waals surface area contributed by atoms with Crippen molar-refractivity contribution in [3.8, 4) is 5.75 Å². The minimum absolute atomic E-state index is 0.0437. The van der Waals surface area contributed by atoms with Crippen LogP contribution in [0.25, 0.3) is 0 Å². The van der Waals surface area contributed by atoms with Gasteiger partial charge < -0.3 is 9.47 Å². The summed E-state index contributed by atoms with van der Waals surface area (Å²) in [6, 6.07) is 2.03. The van der Waals surface area contributed by atoms with Gasteiger partial charge in [0.2, 0.25) is 0 Å². The lowest BCUT2D eigenvalue weighted by Crippen LogP contribution is -2.28. The molecule has 1 atom stereocenters. The molecule has 5 heteroatoms. The van der Waals surface area contributed by atoms with E-state index < -0.39 is 29.1 Å². The Balaban J connectivity index is 2.85. The molecule has 0 unspecified atom stereocenters. The highest BCUT2D eigenvalue weighted by molar-refractivity contribution is 5.72. The lowest BCUT2D eigenvalue weighted by molar-refractivity contribution is -0.159. The molecule has 0 saturated heterocycles. The van der Waals surface area contributed by atoms with Crippen LogP contribution in [0.2, 0.25) is 0 Å². The van der Waals surface area contributed by atoms with Crippen molar-refractivity contribution in [3.63, 3.8) is 0 Å². The van der Waals surface area contributed by atoms with Gasteiger partial charge in [0.25, 0.3) is 0 Å². The third-order valence-electron chi connectivity index (χ3n) is 2.66. The molecular formula is C15H20F2O3. The third-order valence-corrected chi connectivity index (χ3v) is 2.66. The van der Waals surface area contributed by atoms with Crippen molar-refractivity contribution >= 4 is 5.97 Å². The molecule has 1 aromatic rings. The average Bonchev–Trinajstić information content (AvgIpc) is 2.30. The predicted octanol–water partition coefficient (Wildman–Crippen LogP) is 3.49. The number of esters is 1. The van der Waals surface area contributed by atoms with Crippen molar-refractivity contribution in [2.75, 3.05) is 7.11 Å². The first kappa shape index (κ1) is 16.4. The minimum Gasteiger partial charge on any atom is -0.494 e. The van der Waals surface area contributed by atoms with Gasteiger partial charge in [0.1, 0.15) is 11.4 Å². The highest BCUT2D eigenvalue weighted by Gasteiger charge is 2.23. The number of carbonyl (C=O) groups excluding carboxylic acids is 1. The molecule has 20 heavy (non-hydrogen) atoms. The summed E-state index contributed by atoms with van der Waals surface area (Å²) in [6.45, 7) is 6.93. The Morgan fingerprint density at radius 1 is 1.25 bits per heavy atom. The summed E-state index contributed by atoms with van der Waals surface area (Å²) in [5.74, 6) is -2.45. The highest BCUT2D eigenvalue weighted by atomic mass is 19.1. The number of rotatable bonds is 4. The number of hydrogen-bond acceptors (Lipinski definition) is 3. The van der Waals surface area contributed by atoms with Gasteiger partial charge in [-0.05, 0) is 38.8 Å². The van der Waals surface area contributed by atoms with Crippen LogP contribution in [-0.2, 0) is 16.0 Å². The van der Waals surface area contributed by atoms with E-state index in [0.717, 1.165) is 6.07 Å². The van der Waals surface area contributed by atoms with Crippen LogP contribution in [-0.4, -0.2) is 18.7 Å². The van der Waals surface area contributed by atoms with Gasteiger partial charge in [0, 0.05) is 6.07 Å². The van der Waals surface area contributed by atoms with Gasteiger partial charge >= 0.3 is 5.97 Å². The first-order chi connectivity index (χ1) is 9.14. The number of methoxy groups -OCH3 is 1. The van der Waals surface area contributed by atoms with E-state index in [1.165, 1.54) is 13.2 Å². The fourth-order valence-electron chi connectivity index (χ4n) is 1.70. The first-order valence-electron chi connectivity index (χ1n) is 6.39. The summed E-state index contributed by atoms with van der Waals surface area (Å²) in [5, 5.41) is 0. The molecule has 0 aliphatic rings. The van der Waals surface area contributed by atoms with Crippen molar-refractivity contribution in [1.82, 2.24) is 0 Å². The lowest BCUT2D eigenvalue weighted by Gasteiger charge is -2.22. The van der Waals surface area contributed by atoms with E-state index in [4.69, 9.17) is 9.47 Å². The molecule has 0 N–H and O–H groups in total. The predicted molar refractivity (Wildman–Crippen MR) is 71.6 cm³/mol. The molecule has 0 heterocycles. The summed E-state index contributed by atoms with van der Waals surface area (Å²) >= 11 is 0. The van der Waals surface area contributed by atoms with Gasteiger partial charge in [0.15, 0.2) is 11.6 Å². The van der Waals surface area contributed by atoms with E-state index in [9.17, 15) is 13.6 Å². The van der Waals surface area contributed by atoms with E-state index in [0.29, 0.717) is 0 Å². The van der Waals surface area contributed by atoms with Gasteiger partial charge in [-0.1, -0.05) is 6.92 Å². The molecule has 112 valence electrons. The Hall–Kier alpha value is -1.65. The van der Waals surface area contributed by atoms with Gasteiger partial charge in [-0.15, -0.1) is 0 Å². The van der Waals surface area contributed by atoms with Crippen LogP contribution in [0, 0.1) is 17.6 Å². The second-order valence-electron chi connectivity index (χ2n) is 5.72. The van der Waals surface area contributed by atoms with Gasteiger partial charge in [-0.25, -0.2) is 8.78 Å². The van der Waals surface area contributed by atoms with Crippen LogP contribution in [0.5, 0.6) is 5.75 Å². The maximum absolute atomic E-state index is 13.7. The largest absolute Gasteiger partial charge is 0.494 e. The van der Waals surface area contributed by atoms with Crippen molar-refractivity contribution in [3.05, 3.63) is 29.3 Å². The highest BCUT2D eigenvalue weighted by Crippen LogP contribution is 2.24. The zero-order valence-electron chi connectivity index (χ0n) is 12.4. The summed E-state index contributed by atoms with van der Waals surface area (Å²) in [5.41, 5.74) is -0.369. The Morgan fingerprint density at radius 2 is 1.85 bits per heavy atom. The van der Waals surface area contributed by atoms with E-state index in [2.05, 4.69) is 0 Å². The zero-order chi connectivity index (χ0) is 15.5. The summed E-state index contributed by atoms with van der Waals surface area (Å²) in [6.07, 6.45) is 0.122. The van der Waals surface area contributed by atoms with Crippen molar-refractivity contribution in [2.45, 2.75) is 39.7 Å². The second kappa shape index (κ2) is 6.20. The smallest absolute Gasteiger partial charge is 0.309 e. The van der Waals surface area contributed by atoms with E-state index in [1.54, 1.807) is 27.7 Å². The van der Waals surface area contributed by atoms with Crippen LogP contribution in [0.3, 0.4) is 0 Å². The van der Waals surface area contributed by atoms with Crippen LogP contribution in [0.4, 0.5) is 8.78 Å². The fourth-order valence-corrected chi connectivity index (χ4v) is 1.70. The minimum atomic E-state index is -0.765. The van der Waals surface area contributed by atoms with Crippen LogP contribution in [0.15, 0.2) is 12.1 Å². The van der Waals surface area contributed by atoms with E-state index in [-0.39, 0.29) is 17.7 Å². The SMILES string of the molecule is COc1cc(C[C@H](C)C(=O)OC(C)(C)C)c(F)cc1F. The lowest BCUT2D eigenvalue weighted by atomic mass is 10.00. The molecule has 0 aromatic heterocycles. The number of halogens is 2.